The number of hydrogen-bond donors (Lipinski definition) is 3. The van der Waals surface area contributed by atoms with Gasteiger partial charge in [0.15, 0.2) is 5.69 Å². The molecule has 0 bridgehead atoms. The van der Waals surface area contributed by atoms with E-state index >= 15 is 0 Å². The summed E-state index contributed by atoms with van der Waals surface area (Å²) in [5.74, 6) is -1.21. The summed E-state index contributed by atoms with van der Waals surface area (Å²) in [7, 11) is 0. The van der Waals surface area contributed by atoms with Gasteiger partial charge in [0, 0.05) is 32.6 Å². The number of carboxylic acid groups (broad SMARTS) is 1. The zero-order valence-corrected chi connectivity index (χ0v) is 11.3. The summed E-state index contributed by atoms with van der Waals surface area (Å²) in [6.45, 7) is 1.89. The maximum Gasteiger partial charge on any atom is 0.358 e. The summed E-state index contributed by atoms with van der Waals surface area (Å²) in [6.07, 6.45) is 1.58. The molecule has 10 nitrogen and oxygen atoms in total. The van der Waals surface area contributed by atoms with Crippen LogP contribution in [0.5, 0.6) is 0 Å². The third kappa shape index (κ3) is 4.16. The van der Waals surface area contributed by atoms with Crippen LogP contribution in [0, 0.1) is 0 Å². The van der Waals surface area contributed by atoms with E-state index in [-0.39, 0.29) is 17.6 Å². The van der Waals surface area contributed by atoms with E-state index in [0.717, 1.165) is 0 Å². The minimum absolute atomic E-state index is 0.0610. The lowest BCUT2D eigenvalue weighted by Crippen LogP contribution is -2.42. The minimum Gasteiger partial charge on any atom is -0.476 e. The summed E-state index contributed by atoms with van der Waals surface area (Å²) < 4.78 is 1.34. The molecular formula is C11H16N6O4. The Hall–Kier alpha value is -2.65. The summed E-state index contributed by atoms with van der Waals surface area (Å²) in [5.41, 5.74) is -0.140. The first-order chi connectivity index (χ1) is 10.1. The quantitative estimate of drug-likeness (QED) is 0.620. The highest BCUT2D eigenvalue weighted by Gasteiger charge is 2.17. The molecule has 1 aliphatic heterocycles. The van der Waals surface area contributed by atoms with Crippen molar-refractivity contribution in [1.29, 1.82) is 0 Å². The number of rotatable bonds is 4. The van der Waals surface area contributed by atoms with Crippen molar-refractivity contribution in [2.45, 2.75) is 13.0 Å². The molecule has 0 saturated carbocycles. The number of urea groups is 1. The second kappa shape index (κ2) is 6.68. The summed E-state index contributed by atoms with van der Waals surface area (Å²) in [4.78, 5) is 35.3. The molecule has 1 aromatic heterocycles. The van der Waals surface area contributed by atoms with Crippen LogP contribution in [-0.2, 0) is 11.3 Å². The number of carboxylic acids is 1. The third-order valence-electron chi connectivity index (χ3n) is 2.97. The molecule has 0 unspecified atom stereocenters. The van der Waals surface area contributed by atoms with E-state index in [4.69, 9.17) is 5.11 Å². The van der Waals surface area contributed by atoms with Gasteiger partial charge in [0.05, 0.1) is 12.7 Å². The van der Waals surface area contributed by atoms with Crippen LogP contribution in [0.3, 0.4) is 0 Å². The van der Waals surface area contributed by atoms with Crippen molar-refractivity contribution in [3.63, 3.8) is 0 Å². The van der Waals surface area contributed by atoms with Gasteiger partial charge in [0.25, 0.3) is 0 Å². The van der Waals surface area contributed by atoms with E-state index < -0.39 is 5.97 Å². The first kappa shape index (κ1) is 14.8. The molecule has 10 heteroatoms. The number of nitrogens with one attached hydrogen (secondary N) is 2. The molecule has 0 radical (unpaired) electrons. The number of nitrogens with zero attached hydrogens (tertiary/aromatic N) is 4. The number of aromatic nitrogens is 3. The SMILES string of the molecule is O=C1CCN(C(=O)NCCn2cc(C(=O)O)nn2)CCN1. The Morgan fingerprint density at radius 3 is 2.95 bits per heavy atom. The predicted octanol–water partition coefficient (Wildman–Crippen LogP) is -1.49. The number of aromatic carboxylic acids is 1. The topological polar surface area (TPSA) is 129 Å². The van der Waals surface area contributed by atoms with E-state index in [0.29, 0.717) is 39.1 Å². The second-order valence-electron chi connectivity index (χ2n) is 4.49. The molecular weight excluding hydrogens is 280 g/mol. The Bertz CT molecular complexity index is 543. The molecule has 114 valence electrons. The van der Waals surface area contributed by atoms with Gasteiger partial charge in [-0.1, -0.05) is 5.21 Å². The Morgan fingerprint density at radius 1 is 1.43 bits per heavy atom. The molecule has 1 saturated heterocycles. The second-order valence-corrected chi connectivity index (χ2v) is 4.49. The molecule has 2 heterocycles. The molecule has 1 aromatic rings. The maximum atomic E-state index is 11.9. The molecule has 0 aromatic carbocycles. The fourth-order valence-corrected chi connectivity index (χ4v) is 1.86. The zero-order chi connectivity index (χ0) is 15.2. The fraction of sp³-hybridized carbons (Fsp3) is 0.545. The molecule has 0 aliphatic carbocycles. The first-order valence-corrected chi connectivity index (χ1v) is 6.49. The van der Waals surface area contributed by atoms with Gasteiger partial charge >= 0.3 is 12.0 Å². The van der Waals surface area contributed by atoms with E-state index in [2.05, 4.69) is 20.9 Å². The van der Waals surface area contributed by atoms with E-state index in [1.165, 1.54) is 10.9 Å². The van der Waals surface area contributed by atoms with Crippen LogP contribution >= 0.6 is 0 Å². The third-order valence-corrected chi connectivity index (χ3v) is 2.97. The van der Waals surface area contributed by atoms with Crippen LogP contribution in [0.4, 0.5) is 4.79 Å². The molecule has 2 rings (SSSR count). The highest BCUT2D eigenvalue weighted by Crippen LogP contribution is 1.97. The Kier molecular flexibility index (Phi) is 4.69. The smallest absolute Gasteiger partial charge is 0.358 e. The monoisotopic (exact) mass is 296 g/mol. The van der Waals surface area contributed by atoms with Gasteiger partial charge in [-0.25, -0.2) is 14.3 Å². The Morgan fingerprint density at radius 2 is 2.24 bits per heavy atom. The van der Waals surface area contributed by atoms with Crippen LogP contribution < -0.4 is 10.6 Å². The van der Waals surface area contributed by atoms with Gasteiger partial charge in [0.2, 0.25) is 5.91 Å². The van der Waals surface area contributed by atoms with Crippen LogP contribution in [0.2, 0.25) is 0 Å². The lowest BCUT2D eigenvalue weighted by molar-refractivity contribution is -0.120. The van der Waals surface area contributed by atoms with Crippen LogP contribution in [0.15, 0.2) is 6.20 Å². The van der Waals surface area contributed by atoms with Gasteiger partial charge in [-0.15, -0.1) is 5.10 Å². The summed E-state index contributed by atoms with van der Waals surface area (Å²) >= 11 is 0. The Labute approximate surface area is 120 Å². The fourth-order valence-electron chi connectivity index (χ4n) is 1.86. The van der Waals surface area contributed by atoms with Crippen LogP contribution in [0.25, 0.3) is 0 Å². The van der Waals surface area contributed by atoms with E-state index in [9.17, 15) is 14.4 Å². The molecule has 1 aliphatic rings. The summed E-state index contributed by atoms with van der Waals surface area (Å²) in [5, 5.41) is 21.2. The highest BCUT2D eigenvalue weighted by molar-refractivity contribution is 5.84. The average Bonchev–Trinajstić information content (AvgIpc) is 2.81. The lowest BCUT2D eigenvalue weighted by atomic mass is 10.4. The van der Waals surface area contributed by atoms with Crippen molar-refractivity contribution >= 4 is 17.9 Å². The van der Waals surface area contributed by atoms with E-state index in [1.807, 2.05) is 0 Å². The normalized spacial score (nSPS) is 15.2. The van der Waals surface area contributed by atoms with Crippen molar-refractivity contribution in [3.8, 4) is 0 Å². The lowest BCUT2D eigenvalue weighted by Gasteiger charge is -2.19. The molecule has 3 amide bonds. The molecule has 0 spiro atoms. The average molecular weight is 296 g/mol. The van der Waals surface area contributed by atoms with Gasteiger partial charge in [0.1, 0.15) is 0 Å². The van der Waals surface area contributed by atoms with Crippen molar-refractivity contribution in [3.05, 3.63) is 11.9 Å². The zero-order valence-electron chi connectivity index (χ0n) is 11.3. The van der Waals surface area contributed by atoms with Gasteiger partial charge in [-0.05, 0) is 0 Å². The predicted molar refractivity (Wildman–Crippen MR) is 69.6 cm³/mol. The molecule has 3 N–H and O–H groups in total. The van der Waals surface area contributed by atoms with Crippen molar-refractivity contribution in [2.75, 3.05) is 26.2 Å². The molecule has 0 atom stereocenters. The van der Waals surface area contributed by atoms with Gasteiger partial charge in [-0.3, -0.25) is 4.79 Å². The van der Waals surface area contributed by atoms with Crippen LogP contribution in [-0.4, -0.2) is 69.1 Å². The minimum atomic E-state index is -1.15. The highest BCUT2D eigenvalue weighted by atomic mass is 16.4. The number of hydrogen-bond acceptors (Lipinski definition) is 5. The number of amides is 3. The Balaban J connectivity index is 1.75. The molecule has 21 heavy (non-hydrogen) atoms. The first-order valence-electron chi connectivity index (χ1n) is 6.49. The summed E-state index contributed by atoms with van der Waals surface area (Å²) in [6, 6.07) is -0.259. The molecule has 1 fully saturated rings. The van der Waals surface area contributed by atoms with Crippen LogP contribution in [0.1, 0.15) is 16.9 Å². The van der Waals surface area contributed by atoms with Crippen molar-refractivity contribution in [2.24, 2.45) is 0 Å². The van der Waals surface area contributed by atoms with Gasteiger partial charge in [-0.2, -0.15) is 0 Å². The van der Waals surface area contributed by atoms with E-state index in [1.54, 1.807) is 4.90 Å². The van der Waals surface area contributed by atoms with Gasteiger partial charge < -0.3 is 20.6 Å². The standard InChI is InChI=1S/C11H16N6O4/c18-9-1-4-16(5-2-12-9)11(21)13-3-6-17-7-8(10(19)20)14-15-17/h7H,1-6H2,(H,12,18)(H,13,21)(H,19,20). The largest absolute Gasteiger partial charge is 0.476 e. The van der Waals surface area contributed by atoms with Crippen molar-refractivity contribution < 1.29 is 19.5 Å². The number of carbonyl (C=O) groups excluding carboxylic acids is 2. The number of carbonyl (C=O) groups is 3. The van der Waals surface area contributed by atoms with Crippen molar-refractivity contribution in [1.82, 2.24) is 30.5 Å². The maximum absolute atomic E-state index is 11.9.